The lowest BCUT2D eigenvalue weighted by Crippen LogP contribution is -2.18. The van der Waals surface area contributed by atoms with Gasteiger partial charge in [0.15, 0.2) is 5.69 Å². The molecule has 2 aliphatic heterocycles. The van der Waals surface area contributed by atoms with Crippen molar-refractivity contribution < 1.29 is 9.53 Å². The first-order valence-corrected chi connectivity index (χ1v) is 5.29. The number of hydrogen-bond acceptors (Lipinski definition) is 3. The number of ether oxygens (including phenoxy) is 1. The standard InChI is InChI=1S/C10H13N3O2/c14-10-8-7(5-11-10)12-9(13-8)6-1-3-15-4-2-6/h6H,1-5H2,(H,11,14)(H,12,13). The second kappa shape index (κ2) is 3.34. The number of aromatic nitrogens is 2. The van der Waals surface area contributed by atoms with Crippen LogP contribution in [0, 0.1) is 0 Å². The number of nitrogens with one attached hydrogen (secondary N) is 2. The number of hydrogen-bond donors (Lipinski definition) is 2. The smallest absolute Gasteiger partial charge is 0.272 e. The highest BCUT2D eigenvalue weighted by molar-refractivity contribution is 5.95. The number of aromatic amines is 1. The molecule has 0 atom stereocenters. The number of nitrogens with zero attached hydrogens (tertiary/aromatic N) is 1. The number of carbonyl (C=O) groups is 1. The number of imidazole rings is 1. The molecule has 0 aliphatic carbocycles. The summed E-state index contributed by atoms with van der Waals surface area (Å²) in [6.45, 7) is 2.18. The van der Waals surface area contributed by atoms with Crippen LogP contribution in [0.2, 0.25) is 0 Å². The van der Waals surface area contributed by atoms with Gasteiger partial charge in [0.05, 0.1) is 12.2 Å². The van der Waals surface area contributed by atoms with Crippen LogP contribution in [0.15, 0.2) is 0 Å². The van der Waals surface area contributed by atoms with Crippen LogP contribution in [0.5, 0.6) is 0 Å². The van der Waals surface area contributed by atoms with E-state index in [0.29, 0.717) is 18.2 Å². The van der Waals surface area contributed by atoms with E-state index < -0.39 is 0 Å². The number of carbonyl (C=O) groups excluding carboxylic acids is 1. The summed E-state index contributed by atoms with van der Waals surface area (Å²) in [5.41, 5.74) is 1.51. The molecule has 2 aliphatic rings. The fraction of sp³-hybridized carbons (Fsp3) is 0.600. The van der Waals surface area contributed by atoms with Crippen molar-refractivity contribution in [2.24, 2.45) is 0 Å². The van der Waals surface area contributed by atoms with E-state index in [9.17, 15) is 4.79 Å². The van der Waals surface area contributed by atoms with Crippen molar-refractivity contribution in [1.29, 1.82) is 0 Å². The second-order valence-corrected chi connectivity index (χ2v) is 4.02. The summed E-state index contributed by atoms with van der Waals surface area (Å²) in [6.07, 6.45) is 1.99. The third kappa shape index (κ3) is 1.43. The highest BCUT2D eigenvalue weighted by Gasteiger charge is 2.27. The van der Waals surface area contributed by atoms with Gasteiger partial charge in [-0.15, -0.1) is 0 Å². The highest BCUT2D eigenvalue weighted by Crippen LogP contribution is 2.26. The van der Waals surface area contributed by atoms with Gasteiger partial charge >= 0.3 is 0 Å². The minimum atomic E-state index is -0.0560. The van der Waals surface area contributed by atoms with E-state index >= 15 is 0 Å². The quantitative estimate of drug-likeness (QED) is 0.706. The van der Waals surface area contributed by atoms with Gasteiger partial charge in [-0.2, -0.15) is 0 Å². The summed E-state index contributed by atoms with van der Waals surface area (Å²) < 4.78 is 5.30. The van der Waals surface area contributed by atoms with Gasteiger partial charge in [-0.1, -0.05) is 0 Å². The van der Waals surface area contributed by atoms with Crippen LogP contribution < -0.4 is 5.32 Å². The molecule has 15 heavy (non-hydrogen) atoms. The summed E-state index contributed by atoms with van der Waals surface area (Å²) in [6, 6.07) is 0. The molecule has 1 aromatic heterocycles. The fourth-order valence-corrected chi connectivity index (χ4v) is 2.16. The topological polar surface area (TPSA) is 67.0 Å². The average molecular weight is 207 g/mol. The van der Waals surface area contributed by atoms with Gasteiger partial charge in [0, 0.05) is 19.1 Å². The Morgan fingerprint density at radius 3 is 2.87 bits per heavy atom. The lowest BCUT2D eigenvalue weighted by atomic mass is 10.00. The molecular weight excluding hydrogens is 194 g/mol. The molecule has 2 N–H and O–H groups in total. The molecule has 0 spiro atoms. The summed E-state index contributed by atoms with van der Waals surface area (Å²) >= 11 is 0. The first kappa shape index (κ1) is 8.91. The van der Waals surface area contributed by atoms with Crippen molar-refractivity contribution in [2.45, 2.75) is 25.3 Å². The van der Waals surface area contributed by atoms with Gasteiger partial charge in [-0.25, -0.2) is 4.98 Å². The van der Waals surface area contributed by atoms with Crippen LogP contribution >= 0.6 is 0 Å². The number of fused-ring (bicyclic) bond motifs is 1. The predicted molar refractivity (Wildman–Crippen MR) is 52.6 cm³/mol. The van der Waals surface area contributed by atoms with Crippen LogP contribution in [-0.2, 0) is 11.3 Å². The van der Waals surface area contributed by atoms with Gasteiger partial charge in [-0.3, -0.25) is 4.79 Å². The maximum atomic E-state index is 11.3. The Balaban J connectivity index is 1.87. The van der Waals surface area contributed by atoms with Crippen molar-refractivity contribution in [2.75, 3.05) is 13.2 Å². The van der Waals surface area contributed by atoms with E-state index in [1.807, 2.05) is 0 Å². The monoisotopic (exact) mass is 207 g/mol. The first-order chi connectivity index (χ1) is 7.34. The van der Waals surface area contributed by atoms with E-state index in [1.54, 1.807) is 0 Å². The zero-order valence-corrected chi connectivity index (χ0v) is 8.38. The lowest BCUT2D eigenvalue weighted by molar-refractivity contribution is 0.0836. The van der Waals surface area contributed by atoms with Crippen LogP contribution in [0.4, 0.5) is 0 Å². The summed E-state index contributed by atoms with van der Waals surface area (Å²) in [7, 11) is 0. The Labute approximate surface area is 87.2 Å². The van der Waals surface area contributed by atoms with Crippen molar-refractivity contribution in [1.82, 2.24) is 15.3 Å². The molecular formula is C10H13N3O2. The van der Waals surface area contributed by atoms with Gasteiger partial charge < -0.3 is 15.0 Å². The molecule has 80 valence electrons. The zero-order chi connectivity index (χ0) is 10.3. The number of rotatable bonds is 1. The molecule has 1 aromatic rings. The molecule has 3 heterocycles. The van der Waals surface area contributed by atoms with Gasteiger partial charge in [-0.05, 0) is 12.8 Å². The van der Waals surface area contributed by atoms with E-state index in [2.05, 4.69) is 15.3 Å². The van der Waals surface area contributed by atoms with Gasteiger partial charge in [0.2, 0.25) is 0 Å². The molecule has 0 unspecified atom stereocenters. The molecule has 3 rings (SSSR count). The summed E-state index contributed by atoms with van der Waals surface area (Å²) in [5, 5.41) is 2.74. The minimum absolute atomic E-state index is 0.0560. The molecule has 0 radical (unpaired) electrons. The normalized spacial score (nSPS) is 21.5. The summed E-state index contributed by atoms with van der Waals surface area (Å²) in [4.78, 5) is 19.0. The molecule has 1 saturated heterocycles. The van der Waals surface area contributed by atoms with E-state index in [1.165, 1.54) is 0 Å². The van der Waals surface area contributed by atoms with Gasteiger partial charge in [0.25, 0.3) is 5.91 Å². The second-order valence-electron chi connectivity index (χ2n) is 4.02. The van der Waals surface area contributed by atoms with Crippen LogP contribution in [-0.4, -0.2) is 29.1 Å². The largest absolute Gasteiger partial charge is 0.381 e. The Morgan fingerprint density at radius 1 is 1.33 bits per heavy atom. The van der Waals surface area contributed by atoms with Crippen LogP contribution in [0.1, 0.15) is 40.8 Å². The molecule has 5 heteroatoms. The number of amides is 1. The van der Waals surface area contributed by atoms with Crippen molar-refractivity contribution in [3.8, 4) is 0 Å². The Hall–Kier alpha value is -1.36. The first-order valence-electron chi connectivity index (χ1n) is 5.29. The molecule has 1 fully saturated rings. The SMILES string of the molecule is O=C1NCc2[nH]c(C3CCOCC3)nc21. The third-order valence-corrected chi connectivity index (χ3v) is 3.05. The Bertz CT molecular complexity index is 393. The van der Waals surface area contributed by atoms with Gasteiger partial charge in [0.1, 0.15) is 5.82 Å². The third-order valence-electron chi connectivity index (χ3n) is 3.05. The maximum Gasteiger partial charge on any atom is 0.272 e. The number of H-pyrrole nitrogens is 1. The Kier molecular flexibility index (Phi) is 1.98. The maximum absolute atomic E-state index is 11.3. The molecule has 5 nitrogen and oxygen atoms in total. The minimum Gasteiger partial charge on any atom is -0.381 e. The predicted octanol–water partition coefficient (Wildman–Crippen LogP) is 0.547. The van der Waals surface area contributed by atoms with Crippen molar-refractivity contribution in [3.63, 3.8) is 0 Å². The van der Waals surface area contributed by atoms with E-state index in [0.717, 1.165) is 37.6 Å². The molecule has 0 bridgehead atoms. The highest BCUT2D eigenvalue weighted by atomic mass is 16.5. The average Bonchev–Trinajstić information content (AvgIpc) is 2.83. The fourth-order valence-electron chi connectivity index (χ4n) is 2.16. The molecule has 0 saturated carbocycles. The molecule has 0 aromatic carbocycles. The zero-order valence-electron chi connectivity index (χ0n) is 8.38. The van der Waals surface area contributed by atoms with E-state index in [4.69, 9.17) is 4.74 Å². The Morgan fingerprint density at radius 2 is 2.13 bits per heavy atom. The van der Waals surface area contributed by atoms with E-state index in [-0.39, 0.29) is 5.91 Å². The molecule has 1 amide bonds. The van der Waals surface area contributed by atoms with Crippen molar-refractivity contribution >= 4 is 5.91 Å². The lowest BCUT2D eigenvalue weighted by Gasteiger charge is -2.19. The van der Waals surface area contributed by atoms with Crippen LogP contribution in [0.3, 0.4) is 0 Å². The summed E-state index contributed by atoms with van der Waals surface area (Å²) in [5.74, 6) is 1.33. The van der Waals surface area contributed by atoms with Crippen LogP contribution in [0.25, 0.3) is 0 Å². The van der Waals surface area contributed by atoms with Crippen molar-refractivity contribution in [3.05, 3.63) is 17.2 Å².